The quantitative estimate of drug-likeness (QED) is 0.705. The average molecular weight is 366 g/mol. The van der Waals surface area contributed by atoms with Crippen molar-refractivity contribution < 1.29 is 18.0 Å². The van der Waals surface area contributed by atoms with Crippen LogP contribution in [0.3, 0.4) is 0 Å². The molecule has 0 aliphatic carbocycles. The van der Waals surface area contributed by atoms with Crippen LogP contribution in [0.25, 0.3) is 0 Å². The topological polar surface area (TPSA) is 108 Å². The predicted molar refractivity (Wildman–Crippen MR) is 79.8 cm³/mol. The van der Waals surface area contributed by atoms with Gasteiger partial charge in [-0.25, -0.2) is 4.98 Å². The first kappa shape index (κ1) is 16.3. The smallest absolute Gasteiger partial charge is 0.347 e. The van der Waals surface area contributed by atoms with E-state index in [1.54, 1.807) is 23.0 Å². The van der Waals surface area contributed by atoms with Crippen LogP contribution in [-0.2, 0) is 19.8 Å². The van der Waals surface area contributed by atoms with E-state index in [1.165, 1.54) is 11.2 Å². The van der Waals surface area contributed by atoms with Crippen LogP contribution >= 0.6 is 0 Å². The molecule has 1 unspecified atom stereocenters. The Morgan fingerprint density at radius 2 is 2.19 bits per heavy atom. The predicted octanol–water partition coefficient (Wildman–Crippen LogP) is 1.07. The van der Waals surface area contributed by atoms with Crippen molar-refractivity contribution in [3.63, 3.8) is 0 Å². The highest BCUT2D eigenvalue weighted by Gasteiger charge is 2.38. The van der Waals surface area contributed by atoms with Crippen LogP contribution in [0.2, 0.25) is 0 Å². The Labute approximate surface area is 144 Å². The Morgan fingerprint density at radius 3 is 2.85 bits per heavy atom. The summed E-state index contributed by atoms with van der Waals surface area (Å²) in [6, 6.07) is 0. The maximum absolute atomic E-state index is 12.7. The van der Waals surface area contributed by atoms with Crippen LogP contribution in [0, 0.1) is 0 Å². The number of hydrogen-bond donors (Lipinski definition) is 2. The first-order chi connectivity index (χ1) is 12.3. The zero-order valence-electron chi connectivity index (χ0n) is 13.4. The van der Waals surface area contributed by atoms with E-state index in [0.717, 1.165) is 11.3 Å². The van der Waals surface area contributed by atoms with E-state index in [9.17, 15) is 18.0 Å². The largest absolute Gasteiger partial charge is 0.451 e. The van der Waals surface area contributed by atoms with Gasteiger partial charge < -0.3 is 9.88 Å². The molecule has 26 heavy (non-hydrogen) atoms. The van der Waals surface area contributed by atoms with E-state index in [4.69, 9.17) is 0 Å². The van der Waals surface area contributed by atoms with Gasteiger partial charge in [0.2, 0.25) is 11.6 Å². The fourth-order valence-corrected chi connectivity index (χ4v) is 2.98. The van der Waals surface area contributed by atoms with Crippen molar-refractivity contribution in [3.05, 3.63) is 47.3 Å². The molecule has 4 heterocycles. The minimum atomic E-state index is -4.69. The molecule has 0 bridgehead atoms. The van der Waals surface area contributed by atoms with Gasteiger partial charge in [-0.05, 0) is 0 Å². The van der Waals surface area contributed by atoms with Crippen molar-refractivity contribution in [2.45, 2.75) is 18.6 Å². The number of amides is 1. The Kier molecular flexibility index (Phi) is 3.56. The van der Waals surface area contributed by atoms with Crippen LogP contribution in [0.5, 0.6) is 0 Å². The zero-order chi connectivity index (χ0) is 18.5. The van der Waals surface area contributed by atoms with E-state index in [1.807, 2.05) is 6.20 Å². The van der Waals surface area contributed by atoms with E-state index in [2.05, 4.69) is 25.1 Å². The first-order valence-electron chi connectivity index (χ1n) is 7.62. The van der Waals surface area contributed by atoms with E-state index in [-0.39, 0.29) is 19.0 Å². The summed E-state index contributed by atoms with van der Waals surface area (Å²) in [5.41, 5.74) is 2.35. The number of nitrogens with zero attached hydrogens (tertiary/aromatic N) is 6. The number of halogens is 3. The maximum Gasteiger partial charge on any atom is 0.451 e. The number of alkyl halides is 3. The SMILES string of the molecule is Cn1cc(C2CN(C(=O)c3n[nH]c(C(F)(F)F)n3)Cc3[nH]cnc32)cn1. The van der Waals surface area contributed by atoms with Gasteiger partial charge in [-0.15, -0.1) is 5.10 Å². The molecule has 1 atom stereocenters. The summed E-state index contributed by atoms with van der Waals surface area (Å²) in [6.07, 6.45) is 0.316. The number of aryl methyl sites for hydroxylation is 1. The van der Waals surface area contributed by atoms with Crippen molar-refractivity contribution in [1.29, 1.82) is 0 Å². The molecular formula is C14H13F3N8O. The number of aromatic amines is 2. The summed E-state index contributed by atoms with van der Waals surface area (Å²) in [4.78, 5) is 24.6. The summed E-state index contributed by atoms with van der Waals surface area (Å²) < 4.78 is 39.6. The molecule has 3 aromatic rings. The number of H-pyrrole nitrogens is 2. The molecule has 0 saturated heterocycles. The number of aromatic nitrogens is 7. The van der Waals surface area contributed by atoms with Gasteiger partial charge in [-0.3, -0.25) is 14.6 Å². The minimum Gasteiger partial charge on any atom is -0.347 e. The maximum atomic E-state index is 12.7. The molecule has 0 fully saturated rings. The summed E-state index contributed by atoms with van der Waals surface area (Å²) in [7, 11) is 1.77. The molecule has 1 aliphatic heterocycles. The van der Waals surface area contributed by atoms with Gasteiger partial charge in [0.15, 0.2) is 0 Å². The molecule has 0 radical (unpaired) electrons. The van der Waals surface area contributed by atoms with Gasteiger partial charge in [-0.2, -0.15) is 23.3 Å². The highest BCUT2D eigenvalue weighted by molar-refractivity contribution is 5.90. The van der Waals surface area contributed by atoms with Crippen LogP contribution in [-0.4, -0.2) is 52.3 Å². The van der Waals surface area contributed by atoms with E-state index >= 15 is 0 Å². The van der Waals surface area contributed by atoms with Crippen molar-refractivity contribution in [3.8, 4) is 0 Å². The van der Waals surface area contributed by atoms with Crippen molar-refractivity contribution in [2.75, 3.05) is 6.54 Å². The second-order valence-electron chi connectivity index (χ2n) is 5.96. The molecule has 2 N–H and O–H groups in total. The molecule has 0 aromatic carbocycles. The number of fused-ring (bicyclic) bond motifs is 1. The van der Waals surface area contributed by atoms with Crippen molar-refractivity contribution in [2.24, 2.45) is 7.05 Å². The second kappa shape index (κ2) is 5.68. The fourth-order valence-electron chi connectivity index (χ4n) is 2.98. The lowest BCUT2D eigenvalue weighted by atomic mass is 9.93. The summed E-state index contributed by atoms with van der Waals surface area (Å²) in [5, 5.41) is 9.30. The highest BCUT2D eigenvalue weighted by Crippen LogP contribution is 2.32. The zero-order valence-corrected chi connectivity index (χ0v) is 13.4. The Hall–Kier alpha value is -3.18. The third kappa shape index (κ3) is 2.72. The normalized spacial score (nSPS) is 17.4. The second-order valence-corrected chi connectivity index (χ2v) is 5.96. The van der Waals surface area contributed by atoms with Gasteiger partial charge in [0.25, 0.3) is 5.91 Å². The highest BCUT2D eigenvalue weighted by atomic mass is 19.4. The molecule has 12 heteroatoms. The van der Waals surface area contributed by atoms with E-state index < -0.39 is 23.7 Å². The van der Waals surface area contributed by atoms with Gasteiger partial charge >= 0.3 is 6.18 Å². The summed E-state index contributed by atoms with van der Waals surface area (Å²) >= 11 is 0. The molecule has 3 aromatic heterocycles. The van der Waals surface area contributed by atoms with E-state index in [0.29, 0.717) is 5.69 Å². The fraction of sp³-hybridized carbons (Fsp3) is 0.357. The molecular weight excluding hydrogens is 353 g/mol. The van der Waals surface area contributed by atoms with Crippen LogP contribution in [0.1, 0.15) is 39.3 Å². The van der Waals surface area contributed by atoms with Crippen molar-refractivity contribution >= 4 is 5.91 Å². The third-order valence-corrected chi connectivity index (χ3v) is 4.19. The lowest BCUT2D eigenvalue weighted by Gasteiger charge is -2.30. The number of imidazole rings is 1. The molecule has 9 nitrogen and oxygen atoms in total. The first-order valence-corrected chi connectivity index (χ1v) is 7.62. The van der Waals surface area contributed by atoms with Crippen molar-refractivity contribution in [1.82, 2.24) is 39.8 Å². The average Bonchev–Trinajstić information content (AvgIpc) is 3.32. The van der Waals surface area contributed by atoms with Gasteiger partial charge in [0.05, 0.1) is 30.5 Å². The molecule has 1 amide bonds. The molecule has 4 rings (SSSR count). The van der Waals surface area contributed by atoms with Crippen LogP contribution < -0.4 is 0 Å². The van der Waals surface area contributed by atoms with Gasteiger partial charge in [0.1, 0.15) is 0 Å². The van der Waals surface area contributed by atoms with Gasteiger partial charge in [-0.1, -0.05) is 0 Å². The molecule has 136 valence electrons. The van der Waals surface area contributed by atoms with Gasteiger partial charge in [0, 0.05) is 31.3 Å². The summed E-state index contributed by atoms with van der Waals surface area (Å²) in [5.74, 6) is -2.76. The minimum absolute atomic E-state index is 0.181. The number of rotatable bonds is 2. The lowest BCUT2D eigenvalue weighted by molar-refractivity contribution is -0.144. The lowest BCUT2D eigenvalue weighted by Crippen LogP contribution is -2.39. The standard InChI is InChI=1S/C14H13F3N8O/c1-24-3-7(2-20-24)8-4-25(5-9-10(8)19-6-18-9)12(26)11-21-13(23-22-11)14(15,16)17/h2-3,6,8H,4-5H2,1H3,(H,18,19)(H,21,22,23). The summed E-state index contributed by atoms with van der Waals surface area (Å²) in [6.45, 7) is 0.416. The Morgan fingerprint density at radius 1 is 1.38 bits per heavy atom. The molecule has 1 aliphatic rings. The molecule has 0 spiro atoms. The number of hydrogen-bond acceptors (Lipinski definition) is 5. The number of carbonyl (C=O) groups excluding carboxylic acids is 1. The third-order valence-electron chi connectivity index (χ3n) is 4.19. The Balaban J connectivity index is 1.64. The van der Waals surface area contributed by atoms with Crippen LogP contribution in [0.4, 0.5) is 13.2 Å². The molecule has 0 saturated carbocycles. The Bertz CT molecular complexity index is 955. The van der Waals surface area contributed by atoms with Crippen LogP contribution in [0.15, 0.2) is 18.7 Å². The number of carbonyl (C=O) groups is 1. The monoisotopic (exact) mass is 366 g/mol. The number of nitrogens with one attached hydrogen (secondary N) is 2.